The van der Waals surface area contributed by atoms with Crippen molar-refractivity contribution in [2.24, 2.45) is 0 Å². The minimum Gasteiger partial charge on any atom is -0.450 e. The lowest BCUT2D eigenvalue weighted by Gasteiger charge is -2.34. The normalized spacial score (nSPS) is 13.7. The molecular weight excluding hydrogens is 429 g/mol. The van der Waals surface area contributed by atoms with Gasteiger partial charge in [-0.3, -0.25) is 9.59 Å². The molecule has 1 aliphatic rings. The molecule has 1 aliphatic heterocycles. The van der Waals surface area contributed by atoms with E-state index >= 15 is 0 Å². The van der Waals surface area contributed by atoms with Crippen LogP contribution in [0.25, 0.3) is 0 Å². The summed E-state index contributed by atoms with van der Waals surface area (Å²) in [6, 6.07) is 11.5. The van der Waals surface area contributed by atoms with Crippen LogP contribution in [0.2, 0.25) is 10.0 Å². The number of anilines is 1. The molecule has 0 radical (unpaired) electrons. The summed E-state index contributed by atoms with van der Waals surface area (Å²) in [6.45, 7) is 3.56. The Morgan fingerprint density at radius 3 is 2.17 bits per heavy atom. The predicted molar refractivity (Wildman–Crippen MR) is 115 cm³/mol. The zero-order valence-corrected chi connectivity index (χ0v) is 17.9. The van der Waals surface area contributed by atoms with Gasteiger partial charge in [-0.15, -0.1) is 0 Å². The maximum atomic E-state index is 13.1. The molecule has 1 heterocycles. The van der Waals surface area contributed by atoms with Crippen molar-refractivity contribution in [2.75, 3.05) is 38.1 Å². The third-order valence-corrected chi connectivity index (χ3v) is 5.32. The van der Waals surface area contributed by atoms with Gasteiger partial charge in [-0.05, 0) is 31.2 Å². The number of piperazine rings is 1. The fourth-order valence-electron chi connectivity index (χ4n) is 3.16. The van der Waals surface area contributed by atoms with Crippen molar-refractivity contribution in [3.63, 3.8) is 0 Å². The van der Waals surface area contributed by atoms with Gasteiger partial charge in [0.15, 0.2) is 0 Å². The molecule has 30 heavy (non-hydrogen) atoms. The van der Waals surface area contributed by atoms with E-state index < -0.39 is 5.91 Å². The van der Waals surface area contributed by atoms with Crippen LogP contribution in [0.15, 0.2) is 42.5 Å². The van der Waals surface area contributed by atoms with Gasteiger partial charge < -0.3 is 19.9 Å². The minimum atomic E-state index is -0.502. The summed E-state index contributed by atoms with van der Waals surface area (Å²) in [6.07, 6.45) is -0.381. The maximum absolute atomic E-state index is 13.1. The van der Waals surface area contributed by atoms with Gasteiger partial charge in [-0.1, -0.05) is 41.4 Å². The zero-order valence-electron chi connectivity index (χ0n) is 16.4. The predicted octanol–water partition coefficient (Wildman–Crippen LogP) is 4.16. The molecule has 1 saturated heterocycles. The van der Waals surface area contributed by atoms with Crippen LogP contribution in [-0.4, -0.2) is 60.5 Å². The first-order valence-electron chi connectivity index (χ1n) is 9.47. The first-order chi connectivity index (χ1) is 14.4. The van der Waals surface area contributed by atoms with E-state index in [1.807, 2.05) is 0 Å². The van der Waals surface area contributed by atoms with E-state index in [2.05, 4.69) is 5.32 Å². The van der Waals surface area contributed by atoms with Gasteiger partial charge >= 0.3 is 6.09 Å². The number of amides is 3. The number of hydrogen-bond donors (Lipinski definition) is 1. The fraction of sp³-hybridized carbons (Fsp3) is 0.286. The van der Waals surface area contributed by atoms with Crippen molar-refractivity contribution in [1.82, 2.24) is 9.80 Å². The second-order valence-corrected chi connectivity index (χ2v) is 7.39. The number of nitrogens with one attached hydrogen (secondary N) is 1. The van der Waals surface area contributed by atoms with E-state index in [-0.39, 0.29) is 27.6 Å². The third-order valence-electron chi connectivity index (χ3n) is 4.69. The highest BCUT2D eigenvalue weighted by molar-refractivity contribution is 6.40. The first kappa shape index (κ1) is 21.9. The number of hydrogen-bond acceptors (Lipinski definition) is 4. The number of rotatable bonds is 4. The van der Waals surface area contributed by atoms with Crippen LogP contribution in [0.4, 0.5) is 10.5 Å². The Bertz CT molecular complexity index is 939. The Balaban J connectivity index is 1.73. The molecule has 7 nitrogen and oxygen atoms in total. The van der Waals surface area contributed by atoms with Gasteiger partial charge in [0.05, 0.1) is 33.5 Å². The van der Waals surface area contributed by atoms with Gasteiger partial charge in [0, 0.05) is 26.2 Å². The quantitative estimate of drug-likeness (QED) is 0.759. The first-order valence-corrected chi connectivity index (χ1v) is 10.2. The van der Waals surface area contributed by atoms with Crippen molar-refractivity contribution in [2.45, 2.75) is 6.92 Å². The summed E-state index contributed by atoms with van der Waals surface area (Å²) < 4.78 is 5.00. The number of halogens is 2. The van der Waals surface area contributed by atoms with Gasteiger partial charge in [-0.2, -0.15) is 0 Å². The van der Waals surface area contributed by atoms with E-state index in [1.165, 1.54) is 0 Å². The number of carbonyl (C=O) groups is 3. The molecule has 0 aromatic heterocycles. The number of nitrogens with zero attached hydrogens (tertiary/aromatic N) is 2. The third kappa shape index (κ3) is 4.86. The highest BCUT2D eigenvalue weighted by Gasteiger charge is 2.27. The summed E-state index contributed by atoms with van der Waals surface area (Å²) >= 11 is 12.2. The van der Waals surface area contributed by atoms with Crippen molar-refractivity contribution >= 4 is 46.8 Å². The maximum Gasteiger partial charge on any atom is 0.409 e. The van der Waals surface area contributed by atoms with Crippen LogP contribution < -0.4 is 5.32 Å². The monoisotopic (exact) mass is 449 g/mol. The van der Waals surface area contributed by atoms with Crippen LogP contribution >= 0.6 is 23.2 Å². The molecular formula is C21H21Cl2N3O4. The lowest BCUT2D eigenvalue weighted by molar-refractivity contribution is 0.0571. The number of ether oxygens (including phenoxy) is 1. The second-order valence-electron chi connectivity index (χ2n) is 6.57. The van der Waals surface area contributed by atoms with Crippen LogP contribution in [-0.2, 0) is 4.74 Å². The summed E-state index contributed by atoms with van der Waals surface area (Å²) in [7, 11) is 0. The van der Waals surface area contributed by atoms with E-state index in [0.29, 0.717) is 44.0 Å². The summed E-state index contributed by atoms with van der Waals surface area (Å²) in [5.41, 5.74) is 0.848. The lowest BCUT2D eigenvalue weighted by atomic mass is 10.1. The molecule has 0 bridgehead atoms. The Labute approximate surface area is 184 Å². The Morgan fingerprint density at radius 2 is 1.53 bits per heavy atom. The zero-order chi connectivity index (χ0) is 21.7. The van der Waals surface area contributed by atoms with E-state index in [9.17, 15) is 14.4 Å². The van der Waals surface area contributed by atoms with Crippen LogP contribution in [0.5, 0.6) is 0 Å². The highest BCUT2D eigenvalue weighted by atomic mass is 35.5. The average Bonchev–Trinajstić information content (AvgIpc) is 2.74. The topological polar surface area (TPSA) is 79.0 Å². The fourth-order valence-corrected chi connectivity index (χ4v) is 3.72. The van der Waals surface area contributed by atoms with Gasteiger partial charge in [0.1, 0.15) is 0 Å². The van der Waals surface area contributed by atoms with Gasteiger partial charge in [0.25, 0.3) is 11.8 Å². The smallest absolute Gasteiger partial charge is 0.409 e. The van der Waals surface area contributed by atoms with Gasteiger partial charge in [-0.25, -0.2) is 4.79 Å². The lowest BCUT2D eigenvalue weighted by Crippen LogP contribution is -2.50. The van der Waals surface area contributed by atoms with Gasteiger partial charge in [0.2, 0.25) is 0 Å². The second kappa shape index (κ2) is 9.82. The average molecular weight is 450 g/mol. The molecule has 158 valence electrons. The molecule has 0 unspecified atom stereocenters. The molecule has 2 aromatic carbocycles. The minimum absolute atomic E-state index is 0.145. The number of benzene rings is 2. The van der Waals surface area contributed by atoms with E-state index in [0.717, 1.165) is 0 Å². The molecule has 9 heteroatoms. The van der Waals surface area contributed by atoms with E-state index in [4.69, 9.17) is 27.9 Å². The molecule has 1 N–H and O–H groups in total. The molecule has 2 aromatic rings. The van der Waals surface area contributed by atoms with Crippen LogP contribution in [0, 0.1) is 0 Å². The molecule has 0 aliphatic carbocycles. The molecule has 0 saturated carbocycles. The van der Waals surface area contributed by atoms with Crippen molar-refractivity contribution in [3.8, 4) is 0 Å². The van der Waals surface area contributed by atoms with E-state index in [1.54, 1.807) is 59.2 Å². The van der Waals surface area contributed by atoms with Crippen LogP contribution in [0.3, 0.4) is 0 Å². The number of carbonyl (C=O) groups excluding carboxylic acids is 3. The number of para-hydroxylation sites is 1. The molecule has 0 atom stereocenters. The molecule has 3 amide bonds. The molecule has 1 fully saturated rings. The Morgan fingerprint density at radius 1 is 0.933 bits per heavy atom. The SMILES string of the molecule is CCOC(=O)N1CCN(C(=O)c2ccccc2NC(=O)c2c(Cl)cccc2Cl)CC1. The van der Waals surface area contributed by atoms with Crippen molar-refractivity contribution in [3.05, 3.63) is 63.6 Å². The summed E-state index contributed by atoms with van der Waals surface area (Å²) in [5.74, 6) is -0.738. The molecule has 0 spiro atoms. The summed E-state index contributed by atoms with van der Waals surface area (Å²) in [4.78, 5) is 40.8. The van der Waals surface area contributed by atoms with Crippen molar-refractivity contribution < 1.29 is 19.1 Å². The molecule has 3 rings (SSSR count). The Hall–Kier alpha value is -2.77. The summed E-state index contributed by atoms with van der Waals surface area (Å²) in [5, 5.41) is 3.17. The van der Waals surface area contributed by atoms with Crippen LogP contribution in [0.1, 0.15) is 27.6 Å². The highest BCUT2D eigenvalue weighted by Crippen LogP contribution is 2.26. The largest absolute Gasteiger partial charge is 0.450 e. The standard InChI is InChI=1S/C21H21Cl2N3O4/c1-2-30-21(29)26-12-10-25(11-13-26)20(28)14-6-3-4-9-17(14)24-19(27)18-15(22)7-5-8-16(18)23/h3-9H,2,10-13H2,1H3,(H,24,27). The Kier molecular flexibility index (Phi) is 7.18. The van der Waals surface area contributed by atoms with Crippen molar-refractivity contribution in [1.29, 1.82) is 0 Å².